The van der Waals surface area contributed by atoms with Gasteiger partial charge in [-0.3, -0.25) is 9.59 Å². The van der Waals surface area contributed by atoms with E-state index >= 15 is 0 Å². The maximum atomic E-state index is 12.9. The molecule has 0 spiro atoms. The van der Waals surface area contributed by atoms with Gasteiger partial charge in [-0.1, -0.05) is 42.1 Å². The van der Waals surface area contributed by atoms with Crippen molar-refractivity contribution in [3.8, 4) is 6.07 Å². The van der Waals surface area contributed by atoms with Crippen molar-refractivity contribution in [2.75, 3.05) is 18.5 Å². The fraction of sp³-hybridized carbons (Fsp3) is 0.160. The van der Waals surface area contributed by atoms with Gasteiger partial charge in [-0.25, -0.2) is 0 Å². The van der Waals surface area contributed by atoms with Crippen LogP contribution in [-0.2, 0) is 6.42 Å². The van der Waals surface area contributed by atoms with Gasteiger partial charge in [0, 0.05) is 28.9 Å². The van der Waals surface area contributed by atoms with Crippen LogP contribution in [0.5, 0.6) is 0 Å². The Labute approximate surface area is 185 Å². The minimum absolute atomic E-state index is 0.0874. The van der Waals surface area contributed by atoms with E-state index in [4.69, 9.17) is 0 Å². The summed E-state index contributed by atoms with van der Waals surface area (Å²) < 4.78 is 0. The molecule has 1 heterocycles. The number of hydrogen-bond donors (Lipinski definition) is 1. The van der Waals surface area contributed by atoms with Crippen LogP contribution in [0.1, 0.15) is 38.3 Å². The van der Waals surface area contributed by atoms with E-state index < -0.39 is 0 Å². The van der Waals surface area contributed by atoms with Gasteiger partial charge >= 0.3 is 0 Å². The number of carbonyl (C=O) groups is 2. The van der Waals surface area contributed by atoms with Crippen molar-refractivity contribution in [1.82, 2.24) is 5.32 Å². The Kier molecular flexibility index (Phi) is 6.06. The number of nitrogens with one attached hydrogen (secondary N) is 1. The van der Waals surface area contributed by atoms with Crippen molar-refractivity contribution >= 4 is 29.3 Å². The lowest BCUT2D eigenvalue weighted by molar-refractivity contribution is 0.0950. The molecule has 4 rings (SSSR count). The quantitative estimate of drug-likeness (QED) is 0.601. The molecule has 0 unspecified atom stereocenters. The lowest BCUT2D eigenvalue weighted by atomic mass is 10.0. The molecule has 3 aromatic rings. The molecule has 0 radical (unpaired) electrons. The van der Waals surface area contributed by atoms with Crippen molar-refractivity contribution in [2.45, 2.75) is 22.6 Å². The van der Waals surface area contributed by atoms with E-state index in [1.807, 2.05) is 48.5 Å². The largest absolute Gasteiger partial charge is 0.352 e. The van der Waals surface area contributed by atoms with E-state index in [2.05, 4.69) is 11.4 Å². The van der Waals surface area contributed by atoms with E-state index in [1.165, 1.54) is 11.8 Å². The van der Waals surface area contributed by atoms with Crippen LogP contribution >= 0.6 is 11.8 Å². The monoisotopic (exact) mass is 427 g/mol. The molecule has 0 aromatic heterocycles. The van der Waals surface area contributed by atoms with E-state index in [9.17, 15) is 14.9 Å². The molecule has 0 bridgehead atoms. The highest BCUT2D eigenvalue weighted by Crippen LogP contribution is 2.41. The number of fused-ring (bicyclic) bond motifs is 2. The first-order valence-electron chi connectivity index (χ1n) is 10.0. The minimum atomic E-state index is -0.177. The van der Waals surface area contributed by atoms with Crippen LogP contribution in [0.4, 0.5) is 5.69 Å². The van der Waals surface area contributed by atoms with Gasteiger partial charge in [-0.2, -0.15) is 5.26 Å². The molecule has 0 saturated carbocycles. The Morgan fingerprint density at radius 3 is 2.68 bits per heavy atom. The third-order valence-corrected chi connectivity index (χ3v) is 6.41. The molecule has 1 aliphatic heterocycles. The Bertz CT molecular complexity index is 1200. The van der Waals surface area contributed by atoms with Gasteiger partial charge in [-0.05, 0) is 54.8 Å². The molecule has 0 saturated heterocycles. The van der Waals surface area contributed by atoms with Crippen LogP contribution in [0.2, 0.25) is 0 Å². The smallest absolute Gasteiger partial charge is 0.259 e. The molecule has 1 N–H and O–H groups in total. The fourth-order valence-corrected chi connectivity index (χ4v) is 4.66. The molecule has 0 fully saturated rings. The first-order chi connectivity index (χ1) is 15.1. The zero-order valence-corrected chi connectivity index (χ0v) is 17.9. The van der Waals surface area contributed by atoms with Crippen LogP contribution < -0.4 is 10.2 Å². The number of rotatable bonds is 5. The third kappa shape index (κ3) is 4.32. The first-order valence-corrected chi connectivity index (χ1v) is 10.9. The van der Waals surface area contributed by atoms with E-state index in [0.29, 0.717) is 23.2 Å². The zero-order valence-electron chi connectivity index (χ0n) is 17.1. The Morgan fingerprint density at radius 2 is 1.84 bits per heavy atom. The number of nitrogens with zero attached hydrogens (tertiary/aromatic N) is 2. The van der Waals surface area contributed by atoms with Gasteiger partial charge in [0.1, 0.15) is 0 Å². The van der Waals surface area contributed by atoms with Crippen LogP contribution in [-0.4, -0.2) is 25.4 Å². The number of aryl methyl sites for hydroxylation is 1. The molecule has 2 amide bonds. The summed E-state index contributed by atoms with van der Waals surface area (Å²) in [5.74, 6) is -0.264. The maximum absolute atomic E-state index is 12.9. The number of nitriles is 1. The van der Waals surface area contributed by atoms with Crippen LogP contribution in [0, 0.1) is 11.3 Å². The average Bonchev–Trinajstić information content (AvgIpc) is 2.91. The molecule has 1 aliphatic rings. The summed E-state index contributed by atoms with van der Waals surface area (Å²) in [6.45, 7) is 0.505. The second-order valence-corrected chi connectivity index (χ2v) is 8.36. The van der Waals surface area contributed by atoms with E-state index in [0.717, 1.165) is 33.9 Å². The predicted molar refractivity (Wildman–Crippen MR) is 122 cm³/mol. The molecule has 31 heavy (non-hydrogen) atoms. The number of carbonyl (C=O) groups excluding carboxylic acids is 2. The molecule has 3 aromatic carbocycles. The summed E-state index contributed by atoms with van der Waals surface area (Å²) in [6, 6.07) is 22.7. The third-order valence-electron chi connectivity index (χ3n) is 5.27. The van der Waals surface area contributed by atoms with Crippen molar-refractivity contribution in [2.24, 2.45) is 0 Å². The van der Waals surface area contributed by atoms with Gasteiger partial charge in [0.25, 0.3) is 11.8 Å². The summed E-state index contributed by atoms with van der Waals surface area (Å²) in [4.78, 5) is 29.0. The van der Waals surface area contributed by atoms with Gasteiger partial charge in [0.15, 0.2) is 0 Å². The van der Waals surface area contributed by atoms with Crippen LogP contribution in [0.3, 0.4) is 0 Å². The number of benzene rings is 3. The summed E-state index contributed by atoms with van der Waals surface area (Å²) in [7, 11) is 1.73. The van der Waals surface area contributed by atoms with Crippen molar-refractivity contribution < 1.29 is 9.59 Å². The van der Waals surface area contributed by atoms with Gasteiger partial charge < -0.3 is 10.2 Å². The van der Waals surface area contributed by atoms with Gasteiger partial charge in [0.2, 0.25) is 0 Å². The Hall–Kier alpha value is -3.56. The van der Waals surface area contributed by atoms with Crippen LogP contribution in [0.15, 0.2) is 76.5 Å². The number of amides is 2. The van der Waals surface area contributed by atoms with Crippen LogP contribution in [0.25, 0.3) is 0 Å². The standard InChI is InChI=1S/C25H21N3O2S/c1-28-21-15-18(12-13-23(21)31-22-11-5-4-10-20(22)25(28)30)24(29)27-14-6-9-17-7-2-3-8-19(17)16-26/h2-5,7-8,10-13,15H,6,9,14H2,1H3,(H,27,29). The summed E-state index contributed by atoms with van der Waals surface area (Å²) in [5.41, 5.74) is 3.56. The highest BCUT2D eigenvalue weighted by atomic mass is 32.2. The molecular formula is C25H21N3O2S. The topological polar surface area (TPSA) is 73.2 Å². The second-order valence-electron chi connectivity index (χ2n) is 7.27. The number of hydrogen-bond acceptors (Lipinski definition) is 4. The SMILES string of the molecule is CN1C(=O)c2ccccc2Sc2ccc(C(=O)NCCCc3ccccc3C#N)cc21. The highest BCUT2D eigenvalue weighted by molar-refractivity contribution is 7.99. The number of anilines is 1. The maximum Gasteiger partial charge on any atom is 0.259 e. The normalized spacial score (nSPS) is 12.4. The second kappa shape index (κ2) is 9.07. The lowest BCUT2D eigenvalue weighted by Gasteiger charge is -2.18. The summed E-state index contributed by atoms with van der Waals surface area (Å²) >= 11 is 1.53. The highest BCUT2D eigenvalue weighted by Gasteiger charge is 2.25. The minimum Gasteiger partial charge on any atom is -0.352 e. The van der Waals surface area contributed by atoms with Crippen molar-refractivity contribution in [3.63, 3.8) is 0 Å². The first kappa shape index (κ1) is 20.7. The molecular weight excluding hydrogens is 406 g/mol. The molecule has 6 heteroatoms. The lowest BCUT2D eigenvalue weighted by Crippen LogP contribution is -2.27. The predicted octanol–water partition coefficient (Wildman–Crippen LogP) is 4.66. The van der Waals surface area contributed by atoms with E-state index in [-0.39, 0.29) is 11.8 Å². The van der Waals surface area contributed by atoms with Gasteiger partial charge in [-0.15, -0.1) is 0 Å². The van der Waals surface area contributed by atoms with Crippen molar-refractivity contribution in [1.29, 1.82) is 5.26 Å². The van der Waals surface area contributed by atoms with Crippen molar-refractivity contribution in [3.05, 3.63) is 89.0 Å². The molecule has 0 atom stereocenters. The summed E-state index contributed by atoms with van der Waals surface area (Å²) in [5, 5.41) is 12.1. The molecule has 5 nitrogen and oxygen atoms in total. The van der Waals surface area contributed by atoms with E-state index in [1.54, 1.807) is 30.1 Å². The molecule has 154 valence electrons. The summed E-state index contributed by atoms with van der Waals surface area (Å²) in [6.07, 6.45) is 1.46. The molecule has 0 aliphatic carbocycles. The average molecular weight is 428 g/mol. The van der Waals surface area contributed by atoms with Gasteiger partial charge in [0.05, 0.1) is 22.9 Å². The fourth-order valence-electron chi connectivity index (χ4n) is 3.58. The zero-order chi connectivity index (χ0) is 21.8. The Morgan fingerprint density at radius 1 is 1.06 bits per heavy atom. The Balaban J connectivity index is 1.44.